The van der Waals surface area contributed by atoms with Crippen molar-refractivity contribution in [3.63, 3.8) is 0 Å². The highest BCUT2D eigenvalue weighted by atomic mass is 32.2. The summed E-state index contributed by atoms with van der Waals surface area (Å²) < 4.78 is 0. The third-order valence-corrected chi connectivity index (χ3v) is 5.55. The predicted molar refractivity (Wildman–Crippen MR) is 92.2 cm³/mol. The number of benzene rings is 1. The summed E-state index contributed by atoms with van der Waals surface area (Å²) >= 11 is 1.85. The molecule has 116 valence electrons. The van der Waals surface area contributed by atoms with E-state index in [-0.39, 0.29) is 5.25 Å². The maximum Gasteiger partial charge on any atom is 0.129 e. The lowest BCUT2D eigenvalue weighted by molar-refractivity contribution is 0.0693. The number of aryl methyl sites for hydroxylation is 1. The molecule has 0 radical (unpaired) electrons. The Balaban J connectivity index is 2.17. The first-order chi connectivity index (χ1) is 10.6. The van der Waals surface area contributed by atoms with Crippen molar-refractivity contribution in [1.82, 2.24) is 9.88 Å². The van der Waals surface area contributed by atoms with Crippen molar-refractivity contribution in [2.75, 3.05) is 26.4 Å². The highest BCUT2D eigenvalue weighted by Gasteiger charge is 2.43. The number of hydrogen-bond donors (Lipinski definition) is 1. The molecule has 3 rings (SSSR count). The summed E-state index contributed by atoms with van der Waals surface area (Å²) in [7, 11) is 4.11. The molecule has 1 aliphatic rings. The van der Waals surface area contributed by atoms with Crippen LogP contribution in [0.2, 0.25) is 0 Å². The molecule has 3 nitrogen and oxygen atoms in total. The van der Waals surface area contributed by atoms with E-state index in [1.54, 1.807) is 12.4 Å². The van der Waals surface area contributed by atoms with E-state index in [0.29, 0.717) is 0 Å². The Morgan fingerprint density at radius 1 is 1.27 bits per heavy atom. The van der Waals surface area contributed by atoms with E-state index in [4.69, 9.17) is 0 Å². The van der Waals surface area contributed by atoms with Crippen LogP contribution in [0.4, 0.5) is 0 Å². The van der Waals surface area contributed by atoms with Gasteiger partial charge in [0.05, 0.1) is 5.25 Å². The molecule has 2 heterocycles. The zero-order chi connectivity index (χ0) is 15.6. The molecule has 2 atom stereocenters. The fraction of sp³-hybridized carbons (Fsp3) is 0.389. The molecule has 1 aromatic carbocycles. The van der Waals surface area contributed by atoms with Gasteiger partial charge in [-0.15, -0.1) is 0 Å². The summed E-state index contributed by atoms with van der Waals surface area (Å²) in [5.74, 6) is 1.03. The SMILES string of the molecule is CN(C)CC1SCCc2ccccc2C1(O)c1cccnc1. The number of aromatic nitrogens is 1. The molecule has 0 fully saturated rings. The Bertz CT molecular complexity index is 632. The average Bonchev–Trinajstić information content (AvgIpc) is 2.67. The minimum Gasteiger partial charge on any atom is -0.379 e. The van der Waals surface area contributed by atoms with Crippen LogP contribution in [0.5, 0.6) is 0 Å². The molecule has 1 aromatic heterocycles. The molecular weight excluding hydrogens is 292 g/mol. The number of fused-ring (bicyclic) bond motifs is 1. The zero-order valence-electron chi connectivity index (χ0n) is 13.1. The van der Waals surface area contributed by atoms with Gasteiger partial charge in [-0.1, -0.05) is 30.3 Å². The van der Waals surface area contributed by atoms with Crippen LogP contribution in [-0.2, 0) is 12.0 Å². The summed E-state index contributed by atoms with van der Waals surface area (Å²) in [6.45, 7) is 0.824. The minimum atomic E-state index is -1.00. The second-order valence-electron chi connectivity index (χ2n) is 6.04. The van der Waals surface area contributed by atoms with Gasteiger partial charge in [0.1, 0.15) is 5.60 Å². The van der Waals surface area contributed by atoms with Gasteiger partial charge in [0.15, 0.2) is 0 Å². The zero-order valence-corrected chi connectivity index (χ0v) is 13.9. The predicted octanol–water partition coefficient (Wildman–Crippen LogP) is 2.54. The van der Waals surface area contributed by atoms with Gasteiger partial charge >= 0.3 is 0 Å². The molecule has 2 aromatic rings. The Morgan fingerprint density at radius 3 is 2.82 bits per heavy atom. The lowest BCUT2D eigenvalue weighted by Crippen LogP contribution is -2.44. The number of thioether (sulfide) groups is 1. The van der Waals surface area contributed by atoms with Crippen LogP contribution in [0.25, 0.3) is 0 Å². The van der Waals surface area contributed by atoms with Crippen molar-refractivity contribution in [2.24, 2.45) is 0 Å². The first-order valence-electron chi connectivity index (χ1n) is 7.60. The van der Waals surface area contributed by atoms with E-state index < -0.39 is 5.60 Å². The molecule has 1 N–H and O–H groups in total. The smallest absolute Gasteiger partial charge is 0.129 e. The van der Waals surface area contributed by atoms with Gasteiger partial charge in [-0.25, -0.2) is 0 Å². The molecule has 22 heavy (non-hydrogen) atoms. The van der Waals surface area contributed by atoms with Crippen molar-refractivity contribution in [3.05, 3.63) is 65.5 Å². The lowest BCUT2D eigenvalue weighted by atomic mass is 9.81. The Hall–Kier alpha value is -1.36. The number of hydrogen-bond acceptors (Lipinski definition) is 4. The molecule has 0 aliphatic carbocycles. The Kier molecular flexibility index (Phi) is 4.52. The molecule has 2 unspecified atom stereocenters. The van der Waals surface area contributed by atoms with Crippen LogP contribution in [0.15, 0.2) is 48.8 Å². The molecule has 0 bridgehead atoms. The first kappa shape index (κ1) is 15.5. The van der Waals surface area contributed by atoms with Gasteiger partial charge in [0.2, 0.25) is 0 Å². The number of nitrogens with zero attached hydrogens (tertiary/aromatic N) is 2. The maximum absolute atomic E-state index is 11.8. The molecule has 4 heteroatoms. The third-order valence-electron chi connectivity index (χ3n) is 4.22. The minimum absolute atomic E-state index is 0.0790. The van der Waals surface area contributed by atoms with Crippen LogP contribution in [-0.4, -0.2) is 46.6 Å². The second-order valence-corrected chi connectivity index (χ2v) is 7.35. The normalized spacial score (nSPS) is 24.8. The summed E-state index contributed by atoms with van der Waals surface area (Å²) in [5, 5.41) is 11.9. The van der Waals surface area contributed by atoms with Gasteiger partial charge < -0.3 is 10.0 Å². The maximum atomic E-state index is 11.8. The van der Waals surface area contributed by atoms with Crippen LogP contribution in [0.3, 0.4) is 0 Å². The van der Waals surface area contributed by atoms with Gasteiger partial charge in [0.25, 0.3) is 0 Å². The quantitative estimate of drug-likeness (QED) is 0.944. The molecule has 1 aliphatic heterocycles. The highest BCUT2D eigenvalue weighted by Crippen LogP contribution is 2.43. The van der Waals surface area contributed by atoms with Crippen LogP contribution >= 0.6 is 11.8 Å². The van der Waals surface area contributed by atoms with E-state index in [1.165, 1.54) is 5.56 Å². The third kappa shape index (κ3) is 2.78. The molecule has 0 spiro atoms. The molecule has 0 saturated heterocycles. The monoisotopic (exact) mass is 314 g/mol. The van der Waals surface area contributed by atoms with Crippen LogP contribution in [0, 0.1) is 0 Å². The molecule has 0 saturated carbocycles. The van der Waals surface area contributed by atoms with Crippen LogP contribution in [0.1, 0.15) is 16.7 Å². The van der Waals surface area contributed by atoms with Crippen molar-refractivity contribution in [1.29, 1.82) is 0 Å². The van der Waals surface area contributed by atoms with E-state index in [1.807, 2.05) is 30.0 Å². The average molecular weight is 314 g/mol. The van der Waals surface area contributed by atoms with Crippen molar-refractivity contribution in [3.8, 4) is 0 Å². The number of aliphatic hydroxyl groups is 1. The topological polar surface area (TPSA) is 36.4 Å². The van der Waals surface area contributed by atoms with Gasteiger partial charge in [-0.2, -0.15) is 11.8 Å². The van der Waals surface area contributed by atoms with Gasteiger partial charge in [-0.3, -0.25) is 4.98 Å². The summed E-state index contributed by atoms with van der Waals surface area (Å²) in [5.41, 5.74) is 2.14. The summed E-state index contributed by atoms with van der Waals surface area (Å²) in [6, 6.07) is 12.2. The van der Waals surface area contributed by atoms with Crippen molar-refractivity contribution < 1.29 is 5.11 Å². The fourth-order valence-electron chi connectivity index (χ4n) is 3.16. The summed E-state index contributed by atoms with van der Waals surface area (Å²) in [4.78, 5) is 6.39. The summed E-state index contributed by atoms with van der Waals surface area (Å²) in [6.07, 6.45) is 4.54. The number of pyridine rings is 1. The lowest BCUT2D eigenvalue weighted by Gasteiger charge is -2.37. The Labute approximate surface area is 136 Å². The van der Waals surface area contributed by atoms with Gasteiger partial charge in [-0.05, 0) is 43.5 Å². The van der Waals surface area contributed by atoms with E-state index in [9.17, 15) is 5.11 Å². The van der Waals surface area contributed by atoms with Crippen molar-refractivity contribution in [2.45, 2.75) is 17.3 Å². The molecular formula is C18H22N2OS. The molecule has 0 amide bonds. The highest BCUT2D eigenvalue weighted by molar-refractivity contribution is 8.00. The van der Waals surface area contributed by atoms with Crippen molar-refractivity contribution >= 4 is 11.8 Å². The number of rotatable bonds is 3. The van der Waals surface area contributed by atoms with E-state index in [2.05, 4.69) is 42.2 Å². The van der Waals surface area contributed by atoms with E-state index in [0.717, 1.165) is 29.8 Å². The Morgan fingerprint density at radius 2 is 2.09 bits per heavy atom. The first-order valence-corrected chi connectivity index (χ1v) is 8.65. The fourth-order valence-corrected chi connectivity index (χ4v) is 4.69. The van der Waals surface area contributed by atoms with E-state index >= 15 is 0 Å². The largest absolute Gasteiger partial charge is 0.379 e. The van der Waals surface area contributed by atoms with Gasteiger partial charge in [0, 0.05) is 24.5 Å². The second kappa shape index (κ2) is 6.41. The standard InChI is InChI=1S/C18H22N2OS/c1-20(2)13-17-18(21,15-7-5-10-19-12-15)16-8-4-3-6-14(16)9-11-22-17/h3-8,10,12,17,21H,9,11,13H2,1-2H3. The van der Waals surface area contributed by atoms with Crippen LogP contribution < -0.4 is 0 Å².